The monoisotopic (exact) mass is 345 g/mol. The Balaban J connectivity index is 1.90. The highest BCUT2D eigenvalue weighted by Crippen LogP contribution is 2.24. The molecule has 24 heavy (non-hydrogen) atoms. The van der Waals surface area contributed by atoms with Crippen molar-refractivity contribution in [3.8, 4) is 0 Å². The second kappa shape index (κ2) is 6.20. The van der Waals surface area contributed by atoms with E-state index in [0.717, 1.165) is 20.7 Å². The first-order valence-electron chi connectivity index (χ1n) is 7.60. The van der Waals surface area contributed by atoms with Crippen molar-refractivity contribution in [2.75, 3.05) is 6.54 Å². The fraction of sp³-hybridized carbons (Fsp3) is 0.294. The van der Waals surface area contributed by atoms with E-state index in [9.17, 15) is 14.4 Å². The molecule has 124 valence electrons. The number of carbonyl (C=O) groups is 3. The molecule has 0 saturated carbocycles. The highest BCUT2D eigenvalue weighted by molar-refractivity contribution is 6.44. The first-order chi connectivity index (χ1) is 11.4. The van der Waals surface area contributed by atoms with Gasteiger partial charge in [0.15, 0.2) is 0 Å². The number of hydrogen-bond acceptors (Lipinski definition) is 4. The average Bonchev–Trinajstić information content (AvgIpc) is 2.73. The Morgan fingerprint density at radius 3 is 2.46 bits per heavy atom. The number of aromatic nitrogens is 1. The third-order valence-corrected chi connectivity index (χ3v) is 4.09. The topological polar surface area (TPSA) is 70.6 Å². The molecule has 2 aromatic rings. The molecule has 1 aliphatic rings. The number of pyridine rings is 1. The second-order valence-electron chi connectivity index (χ2n) is 6.11. The van der Waals surface area contributed by atoms with Crippen LogP contribution in [0.1, 0.15) is 19.4 Å². The molecule has 0 bridgehead atoms. The van der Waals surface area contributed by atoms with Gasteiger partial charge in [0.2, 0.25) is 0 Å². The average molecular weight is 346 g/mol. The summed E-state index contributed by atoms with van der Waals surface area (Å²) >= 11 is 6.18. The summed E-state index contributed by atoms with van der Waals surface area (Å²) in [6, 6.07) is 8.57. The van der Waals surface area contributed by atoms with E-state index in [1.165, 1.54) is 0 Å². The molecular formula is C17H16ClN3O3. The highest BCUT2D eigenvalue weighted by atomic mass is 35.5. The van der Waals surface area contributed by atoms with Gasteiger partial charge >= 0.3 is 17.8 Å². The van der Waals surface area contributed by atoms with Crippen LogP contribution >= 0.6 is 11.6 Å². The Morgan fingerprint density at radius 1 is 1.08 bits per heavy atom. The van der Waals surface area contributed by atoms with Crippen LogP contribution in [0.4, 0.5) is 4.79 Å². The van der Waals surface area contributed by atoms with Gasteiger partial charge in [0.05, 0.1) is 12.1 Å². The molecule has 2 heterocycles. The van der Waals surface area contributed by atoms with Gasteiger partial charge in [-0.15, -0.1) is 0 Å². The van der Waals surface area contributed by atoms with Crippen LogP contribution in [-0.4, -0.2) is 39.2 Å². The minimum Gasteiger partial charge on any atom is -0.263 e. The number of para-hydroxylation sites is 1. The number of imide groups is 2. The summed E-state index contributed by atoms with van der Waals surface area (Å²) in [5.41, 5.74) is 1.25. The highest BCUT2D eigenvalue weighted by Gasteiger charge is 2.44. The number of carbonyl (C=O) groups excluding carboxylic acids is 3. The Kier molecular flexibility index (Phi) is 4.24. The van der Waals surface area contributed by atoms with Crippen molar-refractivity contribution in [3.63, 3.8) is 0 Å². The summed E-state index contributed by atoms with van der Waals surface area (Å²) in [7, 11) is 0. The van der Waals surface area contributed by atoms with Crippen LogP contribution in [0, 0.1) is 5.92 Å². The van der Waals surface area contributed by atoms with Crippen LogP contribution in [0.2, 0.25) is 5.15 Å². The molecule has 6 nitrogen and oxygen atoms in total. The summed E-state index contributed by atoms with van der Waals surface area (Å²) in [6.07, 6.45) is 0. The van der Waals surface area contributed by atoms with E-state index in [4.69, 9.17) is 11.6 Å². The lowest BCUT2D eigenvalue weighted by molar-refractivity contribution is -0.143. The van der Waals surface area contributed by atoms with Gasteiger partial charge in [-0.2, -0.15) is 0 Å². The molecule has 1 aliphatic heterocycles. The van der Waals surface area contributed by atoms with E-state index >= 15 is 0 Å². The number of benzene rings is 1. The van der Waals surface area contributed by atoms with Gasteiger partial charge in [0.1, 0.15) is 5.15 Å². The van der Waals surface area contributed by atoms with Crippen molar-refractivity contribution in [1.29, 1.82) is 0 Å². The molecule has 0 radical (unpaired) electrons. The van der Waals surface area contributed by atoms with Crippen LogP contribution in [-0.2, 0) is 16.1 Å². The summed E-state index contributed by atoms with van der Waals surface area (Å²) in [5, 5.41) is 1.06. The van der Waals surface area contributed by atoms with Crippen molar-refractivity contribution in [3.05, 3.63) is 41.0 Å². The summed E-state index contributed by atoms with van der Waals surface area (Å²) < 4.78 is 0. The van der Waals surface area contributed by atoms with Crippen LogP contribution in [0.3, 0.4) is 0 Å². The van der Waals surface area contributed by atoms with Gasteiger partial charge in [-0.25, -0.2) is 9.78 Å². The van der Waals surface area contributed by atoms with Gasteiger partial charge in [0, 0.05) is 17.5 Å². The zero-order valence-corrected chi connectivity index (χ0v) is 14.1. The quantitative estimate of drug-likeness (QED) is 0.485. The number of rotatable bonds is 4. The van der Waals surface area contributed by atoms with Gasteiger partial charge in [-0.05, 0) is 18.1 Å². The molecule has 7 heteroatoms. The number of halogens is 1. The maximum absolute atomic E-state index is 12.4. The van der Waals surface area contributed by atoms with Crippen LogP contribution < -0.4 is 0 Å². The number of fused-ring (bicyclic) bond motifs is 1. The third-order valence-electron chi connectivity index (χ3n) is 3.76. The summed E-state index contributed by atoms with van der Waals surface area (Å²) in [4.78, 5) is 42.7. The standard InChI is InChI=1S/C17H16ClN3O3/c1-10(2)8-20-15(22)16(23)21(17(20)24)9-12-7-11-5-3-4-6-13(11)19-14(12)18/h3-7,10H,8-9H2,1-2H3. The van der Waals surface area contributed by atoms with Crippen LogP contribution in [0.25, 0.3) is 10.9 Å². The van der Waals surface area contributed by atoms with E-state index in [1.807, 2.05) is 38.1 Å². The molecule has 0 spiro atoms. The predicted molar refractivity (Wildman–Crippen MR) is 89.3 cm³/mol. The smallest absolute Gasteiger partial charge is 0.263 e. The molecule has 0 N–H and O–H groups in total. The maximum atomic E-state index is 12.4. The molecule has 1 saturated heterocycles. The molecule has 0 atom stereocenters. The molecule has 4 amide bonds. The molecular weight excluding hydrogens is 330 g/mol. The molecule has 3 rings (SSSR count). The maximum Gasteiger partial charge on any atom is 0.334 e. The summed E-state index contributed by atoms with van der Waals surface area (Å²) in [6.45, 7) is 3.88. The molecule has 0 unspecified atom stereocenters. The molecule has 1 aromatic carbocycles. The molecule has 1 fully saturated rings. The fourth-order valence-electron chi connectivity index (χ4n) is 2.63. The van der Waals surface area contributed by atoms with Gasteiger partial charge in [-0.1, -0.05) is 43.6 Å². The lowest BCUT2D eigenvalue weighted by atomic mass is 10.1. The number of hydrogen-bond donors (Lipinski definition) is 0. The predicted octanol–water partition coefficient (Wildman–Crippen LogP) is 2.84. The Morgan fingerprint density at radius 2 is 1.75 bits per heavy atom. The molecule has 0 aliphatic carbocycles. The lowest BCUT2D eigenvalue weighted by Gasteiger charge is -2.17. The van der Waals surface area contributed by atoms with E-state index in [0.29, 0.717) is 5.56 Å². The number of urea groups is 1. The van der Waals surface area contributed by atoms with E-state index in [-0.39, 0.29) is 24.2 Å². The molecule has 1 aromatic heterocycles. The van der Waals surface area contributed by atoms with Gasteiger partial charge in [-0.3, -0.25) is 19.4 Å². The van der Waals surface area contributed by atoms with E-state index in [1.54, 1.807) is 6.07 Å². The van der Waals surface area contributed by atoms with Crippen molar-refractivity contribution < 1.29 is 14.4 Å². The van der Waals surface area contributed by atoms with E-state index in [2.05, 4.69) is 4.98 Å². The largest absolute Gasteiger partial charge is 0.334 e. The van der Waals surface area contributed by atoms with Gasteiger partial charge < -0.3 is 0 Å². The van der Waals surface area contributed by atoms with Crippen molar-refractivity contribution in [2.45, 2.75) is 20.4 Å². The van der Waals surface area contributed by atoms with E-state index < -0.39 is 17.8 Å². The summed E-state index contributed by atoms with van der Waals surface area (Å²) in [5.74, 6) is -1.54. The Bertz CT molecular complexity index is 850. The fourth-order valence-corrected chi connectivity index (χ4v) is 2.84. The van der Waals surface area contributed by atoms with Crippen LogP contribution in [0.5, 0.6) is 0 Å². The normalized spacial score (nSPS) is 15.2. The minimum absolute atomic E-state index is 0.0747. The first-order valence-corrected chi connectivity index (χ1v) is 7.97. The van der Waals surface area contributed by atoms with Gasteiger partial charge in [0.25, 0.3) is 0 Å². The van der Waals surface area contributed by atoms with Crippen LogP contribution in [0.15, 0.2) is 30.3 Å². The zero-order valence-electron chi connectivity index (χ0n) is 13.3. The van der Waals surface area contributed by atoms with Crippen molar-refractivity contribution >= 4 is 40.3 Å². The zero-order chi connectivity index (χ0) is 17.4. The Hall–Kier alpha value is -2.47. The van der Waals surface area contributed by atoms with Crippen molar-refractivity contribution in [1.82, 2.24) is 14.8 Å². The third kappa shape index (κ3) is 2.85. The second-order valence-corrected chi connectivity index (χ2v) is 6.47. The lowest BCUT2D eigenvalue weighted by Crippen LogP contribution is -2.35. The number of nitrogens with zero attached hydrogens (tertiary/aromatic N) is 3. The number of amides is 4. The SMILES string of the molecule is CC(C)CN1C(=O)C(=O)N(Cc2cc3ccccc3nc2Cl)C1=O. The Labute approximate surface area is 144 Å². The van der Waals surface area contributed by atoms with Crippen molar-refractivity contribution in [2.24, 2.45) is 5.92 Å². The first kappa shape index (κ1) is 16.4. The minimum atomic E-state index is -0.829.